The highest BCUT2D eigenvalue weighted by Crippen LogP contribution is 2.32. The van der Waals surface area contributed by atoms with Gasteiger partial charge in [0.15, 0.2) is 23.2 Å². The van der Waals surface area contributed by atoms with E-state index in [9.17, 15) is 39.3 Å². The number of aromatic nitrogens is 6. The molecule has 302 valence electrons. The summed E-state index contributed by atoms with van der Waals surface area (Å²) in [5.41, 5.74) is -0.952. The van der Waals surface area contributed by atoms with E-state index in [2.05, 4.69) is 34.9 Å². The fourth-order valence-corrected chi connectivity index (χ4v) is 6.74. The Balaban J connectivity index is 0.902. The van der Waals surface area contributed by atoms with Crippen molar-refractivity contribution in [2.24, 2.45) is 0 Å². The van der Waals surface area contributed by atoms with Crippen molar-refractivity contribution in [1.29, 1.82) is 0 Å². The Morgan fingerprint density at radius 1 is 0.945 bits per heavy atom. The number of ether oxygens (including phenoxy) is 2. The van der Waals surface area contributed by atoms with Crippen LogP contribution in [0.4, 0.5) is 10.6 Å². The normalized spacial score (nSPS) is 20.2. The van der Waals surface area contributed by atoms with Crippen LogP contribution in [0.15, 0.2) is 28.4 Å². The standard InChI is InChI=1S/C35H52N10O10/c1-2-54-35(53)41-32(51)23-19-44(34(52)40-31(23)50)18-15-42-13-16-43(17-14-42)25(47)11-9-7-5-3-4-6-8-10-12-36-29-26-30(38-21-37-29)45(22-39-26)33-28(49)27(48)24(20-46)55-33/h19,21-22,24,27-28,33,46,48-49H,2-18,20H2,1H3,(H,36,37,38)(H,40,50,52)(H,41,51,53)/t24-,27+,28-,33-/m0/s1. The predicted molar refractivity (Wildman–Crippen MR) is 197 cm³/mol. The first kappa shape index (κ1) is 41.4. The molecule has 0 radical (unpaired) electrons. The molecule has 2 aliphatic heterocycles. The molecule has 2 saturated heterocycles. The molecule has 55 heavy (non-hydrogen) atoms. The number of aliphatic hydroxyl groups excluding tert-OH is 3. The number of nitrogens with one attached hydrogen (secondary N) is 3. The molecule has 3 amide bonds. The molecule has 3 aromatic rings. The van der Waals surface area contributed by atoms with E-state index in [1.807, 2.05) is 10.2 Å². The second-order valence-electron chi connectivity index (χ2n) is 13.7. The van der Waals surface area contributed by atoms with Gasteiger partial charge in [-0.2, -0.15) is 0 Å². The Labute approximate surface area is 316 Å². The van der Waals surface area contributed by atoms with E-state index in [1.165, 1.54) is 21.8 Å². The van der Waals surface area contributed by atoms with Gasteiger partial charge in [-0.3, -0.25) is 38.7 Å². The summed E-state index contributed by atoms with van der Waals surface area (Å²) >= 11 is 0. The van der Waals surface area contributed by atoms with Gasteiger partial charge in [-0.1, -0.05) is 38.5 Å². The first-order chi connectivity index (χ1) is 26.6. The lowest BCUT2D eigenvalue weighted by molar-refractivity contribution is -0.133. The molecule has 0 aliphatic carbocycles. The molecule has 5 heterocycles. The van der Waals surface area contributed by atoms with Gasteiger partial charge in [-0.15, -0.1) is 0 Å². The number of hydrogen-bond acceptors (Lipinski definition) is 15. The van der Waals surface area contributed by atoms with Crippen LogP contribution in [0.3, 0.4) is 0 Å². The van der Waals surface area contributed by atoms with Crippen LogP contribution in [0.5, 0.6) is 0 Å². The maximum Gasteiger partial charge on any atom is 0.414 e. The summed E-state index contributed by atoms with van der Waals surface area (Å²) in [6.07, 6.45) is 7.56. The lowest BCUT2D eigenvalue weighted by atomic mass is 10.1. The van der Waals surface area contributed by atoms with Crippen molar-refractivity contribution in [3.63, 3.8) is 0 Å². The van der Waals surface area contributed by atoms with Crippen molar-refractivity contribution in [3.05, 3.63) is 45.3 Å². The summed E-state index contributed by atoms with van der Waals surface area (Å²) in [4.78, 5) is 80.2. The quantitative estimate of drug-likeness (QED) is 0.0873. The maximum absolute atomic E-state index is 12.8. The average Bonchev–Trinajstić information content (AvgIpc) is 3.73. The summed E-state index contributed by atoms with van der Waals surface area (Å²) < 4.78 is 13.0. The first-order valence-electron chi connectivity index (χ1n) is 19.0. The second-order valence-corrected chi connectivity index (χ2v) is 13.7. The predicted octanol–water partition coefficient (Wildman–Crippen LogP) is -0.0587. The van der Waals surface area contributed by atoms with E-state index < -0.39 is 54.4 Å². The van der Waals surface area contributed by atoms with Gasteiger partial charge >= 0.3 is 11.8 Å². The lowest BCUT2D eigenvalue weighted by Gasteiger charge is -2.34. The molecule has 0 spiro atoms. The number of amides is 3. The van der Waals surface area contributed by atoms with Crippen LogP contribution in [-0.2, 0) is 20.8 Å². The Bertz CT molecular complexity index is 1860. The second kappa shape index (κ2) is 20.2. The summed E-state index contributed by atoms with van der Waals surface area (Å²) in [5, 5.41) is 35.2. The third-order valence-corrected chi connectivity index (χ3v) is 9.89. The molecule has 3 aromatic heterocycles. The number of imide groups is 1. The van der Waals surface area contributed by atoms with Gasteiger partial charge in [-0.05, 0) is 19.8 Å². The molecular formula is C35H52N10O10. The zero-order valence-corrected chi connectivity index (χ0v) is 31.1. The van der Waals surface area contributed by atoms with Gasteiger partial charge < -0.3 is 35.0 Å². The van der Waals surface area contributed by atoms with Crippen LogP contribution in [0.25, 0.3) is 11.2 Å². The van der Waals surface area contributed by atoms with Crippen LogP contribution >= 0.6 is 0 Å². The number of carbonyl (C=O) groups excluding carboxylic acids is 3. The number of aliphatic hydroxyl groups is 3. The number of nitrogens with zero attached hydrogens (tertiary/aromatic N) is 7. The minimum Gasteiger partial charge on any atom is -0.450 e. The molecule has 0 saturated carbocycles. The fourth-order valence-electron chi connectivity index (χ4n) is 6.74. The summed E-state index contributed by atoms with van der Waals surface area (Å²) in [7, 11) is 0. The molecule has 2 aliphatic rings. The highest BCUT2D eigenvalue weighted by molar-refractivity contribution is 6.02. The summed E-state index contributed by atoms with van der Waals surface area (Å²) in [6, 6.07) is 0. The smallest absolute Gasteiger partial charge is 0.414 e. The van der Waals surface area contributed by atoms with Crippen molar-refractivity contribution in [2.45, 2.75) is 95.8 Å². The third-order valence-electron chi connectivity index (χ3n) is 9.89. The van der Waals surface area contributed by atoms with E-state index in [-0.39, 0.29) is 24.6 Å². The molecule has 20 nitrogen and oxygen atoms in total. The van der Waals surface area contributed by atoms with Crippen LogP contribution in [-0.4, -0.2) is 143 Å². The van der Waals surface area contributed by atoms with Crippen molar-refractivity contribution in [2.75, 3.05) is 57.8 Å². The molecule has 5 rings (SSSR count). The number of carbonyl (C=O) groups is 3. The van der Waals surface area contributed by atoms with Crippen molar-refractivity contribution < 1.29 is 39.2 Å². The summed E-state index contributed by atoms with van der Waals surface area (Å²) in [5.74, 6) is -0.241. The Kier molecular flexibility index (Phi) is 15.2. The maximum atomic E-state index is 12.8. The van der Waals surface area contributed by atoms with Gasteiger partial charge in [0.25, 0.3) is 11.5 Å². The van der Waals surface area contributed by atoms with E-state index in [4.69, 9.17) is 4.74 Å². The van der Waals surface area contributed by atoms with Gasteiger partial charge in [-0.25, -0.2) is 24.5 Å². The lowest BCUT2D eigenvalue weighted by Crippen LogP contribution is -2.49. The average molecular weight is 773 g/mol. The molecule has 0 unspecified atom stereocenters. The van der Waals surface area contributed by atoms with Gasteiger partial charge in [0.05, 0.1) is 19.5 Å². The van der Waals surface area contributed by atoms with E-state index in [1.54, 1.807) is 6.92 Å². The number of imidazole rings is 1. The number of H-pyrrole nitrogens is 1. The number of unbranched alkanes of at least 4 members (excludes halogenated alkanes) is 7. The van der Waals surface area contributed by atoms with Crippen LogP contribution in [0.1, 0.15) is 81.3 Å². The highest BCUT2D eigenvalue weighted by atomic mass is 16.6. The van der Waals surface area contributed by atoms with E-state index in [0.717, 1.165) is 57.6 Å². The Hall–Kier alpha value is -4.76. The van der Waals surface area contributed by atoms with Crippen molar-refractivity contribution in [1.82, 2.24) is 44.2 Å². The number of anilines is 1. The third kappa shape index (κ3) is 10.9. The van der Waals surface area contributed by atoms with Gasteiger partial charge in [0.2, 0.25) is 5.91 Å². The first-order valence-corrected chi connectivity index (χ1v) is 19.0. The molecule has 4 atom stereocenters. The Morgan fingerprint density at radius 3 is 2.35 bits per heavy atom. The molecule has 2 fully saturated rings. The zero-order chi connectivity index (χ0) is 39.3. The van der Waals surface area contributed by atoms with Crippen LogP contribution < -0.4 is 21.9 Å². The van der Waals surface area contributed by atoms with Gasteiger partial charge in [0.1, 0.15) is 30.2 Å². The molecule has 20 heteroatoms. The monoisotopic (exact) mass is 772 g/mol. The minimum atomic E-state index is -1.23. The molecule has 0 bridgehead atoms. The summed E-state index contributed by atoms with van der Waals surface area (Å²) in [6.45, 7) is 5.07. The number of piperazine rings is 1. The van der Waals surface area contributed by atoms with Crippen molar-refractivity contribution in [3.8, 4) is 0 Å². The van der Waals surface area contributed by atoms with E-state index in [0.29, 0.717) is 62.7 Å². The topological polar surface area (TPSA) is 259 Å². The molecule has 6 N–H and O–H groups in total. The van der Waals surface area contributed by atoms with Gasteiger partial charge in [0, 0.05) is 58.4 Å². The van der Waals surface area contributed by atoms with E-state index >= 15 is 0 Å². The van der Waals surface area contributed by atoms with Crippen LogP contribution in [0.2, 0.25) is 0 Å². The molecule has 0 aromatic carbocycles. The molecular weight excluding hydrogens is 720 g/mol. The number of alkyl carbamates (subject to hydrolysis) is 1. The number of rotatable bonds is 19. The zero-order valence-electron chi connectivity index (χ0n) is 31.1. The van der Waals surface area contributed by atoms with Crippen molar-refractivity contribution >= 4 is 34.9 Å². The number of fused-ring (bicyclic) bond motifs is 1. The SMILES string of the molecule is CCOC(=O)NC(=O)c1cn(CCN2CCN(C(=O)CCCCCCCCCCNc3ncnc4c3ncn4[C@H]3O[C@@H](CO)[C@@H](O)[C@@H]3O)CC2)c(=O)[nH]c1=O. The fraction of sp³-hybridized carbons (Fsp3) is 0.657. The largest absolute Gasteiger partial charge is 0.450 e. The minimum absolute atomic E-state index is 0.0550. The highest BCUT2D eigenvalue weighted by Gasteiger charge is 2.44. The number of hydrogen-bond donors (Lipinski definition) is 6. The van der Waals surface area contributed by atoms with Crippen LogP contribution in [0, 0.1) is 0 Å². The Morgan fingerprint density at radius 2 is 1.65 bits per heavy atom. The number of aromatic amines is 1.